The number of amides is 1. The molecular formula is C13H17ClN2O. The molecule has 0 saturated heterocycles. The Hall–Kier alpha value is -1.22. The highest BCUT2D eigenvalue weighted by molar-refractivity contribution is 6.34. The molecule has 3 nitrogen and oxygen atoms in total. The second kappa shape index (κ2) is 4.57. The van der Waals surface area contributed by atoms with Crippen molar-refractivity contribution in [2.45, 2.75) is 38.1 Å². The maximum Gasteiger partial charge on any atom is 0.252 e. The van der Waals surface area contributed by atoms with Crippen LogP contribution in [-0.4, -0.2) is 11.4 Å². The number of anilines is 1. The van der Waals surface area contributed by atoms with Gasteiger partial charge in [-0.2, -0.15) is 0 Å². The molecular weight excluding hydrogens is 236 g/mol. The highest BCUT2D eigenvalue weighted by atomic mass is 35.5. The lowest BCUT2D eigenvalue weighted by molar-refractivity contribution is 0.100. The van der Waals surface area contributed by atoms with Crippen LogP contribution in [0.5, 0.6) is 0 Å². The van der Waals surface area contributed by atoms with Gasteiger partial charge in [0, 0.05) is 11.2 Å². The average molecular weight is 253 g/mol. The first-order valence-corrected chi connectivity index (χ1v) is 6.26. The second-order valence-electron chi connectivity index (χ2n) is 4.92. The molecule has 0 radical (unpaired) electrons. The zero-order valence-corrected chi connectivity index (χ0v) is 10.7. The van der Waals surface area contributed by atoms with Crippen LogP contribution < -0.4 is 11.1 Å². The van der Waals surface area contributed by atoms with Gasteiger partial charge in [-0.15, -0.1) is 0 Å². The molecule has 1 saturated carbocycles. The predicted molar refractivity (Wildman–Crippen MR) is 70.5 cm³/mol. The van der Waals surface area contributed by atoms with E-state index in [4.69, 9.17) is 17.3 Å². The Morgan fingerprint density at radius 2 is 2.06 bits per heavy atom. The Balaban J connectivity index is 2.32. The van der Waals surface area contributed by atoms with Crippen LogP contribution in [0.3, 0.4) is 0 Å². The molecule has 1 aliphatic rings. The summed E-state index contributed by atoms with van der Waals surface area (Å²) in [6.07, 6.45) is 4.65. The fourth-order valence-corrected chi connectivity index (χ4v) is 2.75. The summed E-state index contributed by atoms with van der Waals surface area (Å²) < 4.78 is 0. The van der Waals surface area contributed by atoms with E-state index in [9.17, 15) is 4.79 Å². The number of hydrogen-bond donors (Lipinski definition) is 2. The first-order valence-electron chi connectivity index (χ1n) is 5.88. The van der Waals surface area contributed by atoms with Crippen molar-refractivity contribution in [3.05, 3.63) is 28.8 Å². The molecule has 92 valence electrons. The Labute approximate surface area is 106 Å². The molecule has 0 aromatic heterocycles. The minimum atomic E-state index is -0.486. The number of benzene rings is 1. The summed E-state index contributed by atoms with van der Waals surface area (Å²) in [7, 11) is 0. The van der Waals surface area contributed by atoms with Crippen LogP contribution in [0.25, 0.3) is 0 Å². The first kappa shape index (κ1) is 12.2. The third-order valence-electron chi connectivity index (χ3n) is 3.40. The molecule has 3 N–H and O–H groups in total. The molecule has 4 heteroatoms. The van der Waals surface area contributed by atoms with Gasteiger partial charge in [0.05, 0.1) is 10.6 Å². The van der Waals surface area contributed by atoms with Gasteiger partial charge in [-0.05, 0) is 31.9 Å². The van der Waals surface area contributed by atoms with Crippen molar-refractivity contribution >= 4 is 23.2 Å². The van der Waals surface area contributed by atoms with Crippen molar-refractivity contribution in [3.63, 3.8) is 0 Å². The molecule has 0 aliphatic heterocycles. The normalized spacial score (nSPS) is 18.0. The maximum atomic E-state index is 11.4. The van der Waals surface area contributed by atoms with Crippen molar-refractivity contribution in [2.24, 2.45) is 5.73 Å². The summed E-state index contributed by atoms with van der Waals surface area (Å²) in [5.41, 5.74) is 6.56. The topological polar surface area (TPSA) is 55.1 Å². The zero-order valence-electron chi connectivity index (χ0n) is 9.92. The summed E-state index contributed by atoms with van der Waals surface area (Å²) in [6, 6.07) is 5.37. The first-order chi connectivity index (χ1) is 8.02. The number of hydrogen-bond acceptors (Lipinski definition) is 2. The van der Waals surface area contributed by atoms with Gasteiger partial charge in [0.1, 0.15) is 0 Å². The highest BCUT2D eigenvalue weighted by Crippen LogP contribution is 2.34. The fraction of sp³-hybridized carbons (Fsp3) is 0.462. The number of nitrogens with one attached hydrogen (secondary N) is 1. The van der Waals surface area contributed by atoms with Crippen LogP contribution in [-0.2, 0) is 0 Å². The van der Waals surface area contributed by atoms with E-state index in [0.717, 1.165) is 18.5 Å². The number of primary amides is 1. The molecule has 0 bridgehead atoms. The molecule has 1 aliphatic carbocycles. The Kier molecular flexibility index (Phi) is 3.29. The summed E-state index contributed by atoms with van der Waals surface area (Å²) in [6.45, 7) is 2.17. The van der Waals surface area contributed by atoms with Gasteiger partial charge in [-0.1, -0.05) is 30.5 Å². The van der Waals surface area contributed by atoms with Crippen LogP contribution in [0.2, 0.25) is 5.02 Å². The Morgan fingerprint density at radius 1 is 1.41 bits per heavy atom. The number of rotatable bonds is 3. The molecule has 1 aromatic carbocycles. The summed E-state index contributed by atoms with van der Waals surface area (Å²) in [5, 5.41) is 3.83. The predicted octanol–water partition coefficient (Wildman–Crippen LogP) is 3.18. The Morgan fingerprint density at radius 3 is 2.65 bits per heavy atom. The molecule has 1 amide bonds. The molecule has 1 fully saturated rings. The standard InChI is InChI=1S/C13H17ClN2O/c1-13(7-2-3-8-13)16-10-6-4-5-9(14)11(10)12(15)17/h4-6,16H,2-3,7-8H2,1H3,(H2,15,17). The van der Waals surface area contributed by atoms with Gasteiger partial charge in [-0.25, -0.2) is 0 Å². The van der Waals surface area contributed by atoms with E-state index in [2.05, 4.69) is 12.2 Å². The van der Waals surface area contributed by atoms with Crippen molar-refractivity contribution in [1.29, 1.82) is 0 Å². The summed E-state index contributed by atoms with van der Waals surface area (Å²) in [4.78, 5) is 11.4. The van der Waals surface area contributed by atoms with Crippen molar-refractivity contribution in [2.75, 3.05) is 5.32 Å². The van der Waals surface area contributed by atoms with E-state index >= 15 is 0 Å². The SMILES string of the molecule is CC1(Nc2cccc(Cl)c2C(N)=O)CCCC1. The van der Waals surface area contributed by atoms with Gasteiger partial charge in [0.15, 0.2) is 0 Å². The summed E-state index contributed by atoms with van der Waals surface area (Å²) in [5.74, 6) is -0.486. The van der Waals surface area contributed by atoms with E-state index in [1.54, 1.807) is 6.07 Å². The van der Waals surface area contributed by atoms with Gasteiger partial charge in [0.2, 0.25) is 0 Å². The van der Waals surface area contributed by atoms with E-state index in [1.807, 2.05) is 12.1 Å². The molecule has 2 rings (SSSR count). The average Bonchev–Trinajstić information content (AvgIpc) is 2.64. The second-order valence-corrected chi connectivity index (χ2v) is 5.33. The zero-order chi connectivity index (χ0) is 12.5. The maximum absolute atomic E-state index is 11.4. The number of nitrogens with two attached hydrogens (primary N) is 1. The largest absolute Gasteiger partial charge is 0.379 e. The molecule has 1 aromatic rings. The molecule has 0 heterocycles. The van der Waals surface area contributed by atoms with Crippen molar-refractivity contribution in [1.82, 2.24) is 0 Å². The lowest BCUT2D eigenvalue weighted by Crippen LogP contribution is -2.32. The number of carbonyl (C=O) groups is 1. The van der Waals surface area contributed by atoms with Crippen LogP contribution in [0.15, 0.2) is 18.2 Å². The van der Waals surface area contributed by atoms with Gasteiger partial charge in [0.25, 0.3) is 5.91 Å². The van der Waals surface area contributed by atoms with E-state index in [-0.39, 0.29) is 5.54 Å². The number of carbonyl (C=O) groups excluding carboxylic acids is 1. The molecule has 0 spiro atoms. The molecule has 17 heavy (non-hydrogen) atoms. The van der Waals surface area contributed by atoms with Gasteiger partial charge in [-0.3, -0.25) is 4.79 Å². The third kappa shape index (κ3) is 2.55. The fourth-order valence-electron chi connectivity index (χ4n) is 2.48. The van der Waals surface area contributed by atoms with Crippen molar-refractivity contribution < 1.29 is 4.79 Å². The van der Waals surface area contributed by atoms with Crippen LogP contribution in [0.1, 0.15) is 43.0 Å². The lowest BCUT2D eigenvalue weighted by Gasteiger charge is -2.28. The lowest BCUT2D eigenvalue weighted by atomic mass is 9.99. The summed E-state index contributed by atoms with van der Waals surface area (Å²) >= 11 is 6.01. The minimum Gasteiger partial charge on any atom is -0.379 e. The molecule has 0 atom stereocenters. The van der Waals surface area contributed by atoms with Crippen LogP contribution in [0, 0.1) is 0 Å². The van der Waals surface area contributed by atoms with Crippen LogP contribution in [0.4, 0.5) is 5.69 Å². The highest BCUT2D eigenvalue weighted by Gasteiger charge is 2.29. The van der Waals surface area contributed by atoms with Gasteiger partial charge < -0.3 is 11.1 Å². The number of halogens is 1. The van der Waals surface area contributed by atoms with Crippen LogP contribution >= 0.6 is 11.6 Å². The van der Waals surface area contributed by atoms with E-state index in [0.29, 0.717) is 10.6 Å². The smallest absolute Gasteiger partial charge is 0.252 e. The minimum absolute atomic E-state index is 0.0505. The third-order valence-corrected chi connectivity index (χ3v) is 3.72. The van der Waals surface area contributed by atoms with E-state index in [1.165, 1.54) is 12.8 Å². The van der Waals surface area contributed by atoms with Crippen molar-refractivity contribution in [3.8, 4) is 0 Å². The quantitative estimate of drug-likeness (QED) is 0.868. The van der Waals surface area contributed by atoms with E-state index < -0.39 is 5.91 Å². The Bertz CT molecular complexity index is 439. The van der Waals surface area contributed by atoms with Gasteiger partial charge >= 0.3 is 0 Å². The monoisotopic (exact) mass is 252 g/mol. The molecule has 0 unspecified atom stereocenters.